The Morgan fingerprint density at radius 2 is 2.39 bits per heavy atom. The summed E-state index contributed by atoms with van der Waals surface area (Å²) in [5.41, 5.74) is 0.163. The molecule has 0 unspecified atom stereocenters. The molecule has 2 fully saturated rings. The number of nitrogens with one attached hydrogen (secondary N) is 1. The molecular formula is C13H17N3O2. The maximum atomic E-state index is 12.3. The van der Waals surface area contributed by atoms with Crippen molar-refractivity contribution in [3.63, 3.8) is 0 Å². The average molecular weight is 247 g/mol. The number of carbonyl (C=O) groups is 1. The van der Waals surface area contributed by atoms with Crippen LogP contribution in [0.2, 0.25) is 0 Å². The van der Waals surface area contributed by atoms with Gasteiger partial charge in [-0.3, -0.25) is 4.79 Å². The van der Waals surface area contributed by atoms with Gasteiger partial charge in [0.05, 0.1) is 0 Å². The van der Waals surface area contributed by atoms with Crippen LogP contribution in [0.15, 0.2) is 18.3 Å². The molecule has 2 aliphatic heterocycles. The summed E-state index contributed by atoms with van der Waals surface area (Å²) in [6.07, 6.45) is 3.89. The van der Waals surface area contributed by atoms with Crippen molar-refractivity contribution < 1.29 is 9.90 Å². The smallest absolute Gasteiger partial charge is 0.276 e. The summed E-state index contributed by atoms with van der Waals surface area (Å²) in [5, 5.41) is 13.1. The molecule has 1 amide bonds. The van der Waals surface area contributed by atoms with E-state index in [1.807, 2.05) is 0 Å². The third-order valence-corrected chi connectivity index (χ3v) is 3.88. The van der Waals surface area contributed by atoms with Crippen molar-refractivity contribution in [3.8, 4) is 5.75 Å². The zero-order valence-corrected chi connectivity index (χ0v) is 10.2. The van der Waals surface area contributed by atoms with E-state index in [4.69, 9.17) is 0 Å². The first-order chi connectivity index (χ1) is 8.75. The van der Waals surface area contributed by atoms with Crippen LogP contribution in [0, 0.1) is 5.92 Å². The second-order valence-corrected chi connectivity index (χ2v) is 5.04. The van der Waals surface area contributed by atoms with Crippen LogP contribution in [-0.2, 0) is 0 Å². The minimum absolute atomic E-state index is 0.0367. The number of aromatic hydroxyl groups is 1. The van der Waals surface area contributed by atoms with Crippen molar-refractivity contribution in [1.29, 1.82) is 0 Å². The van der Waals surface area contributed by atoms with Crippen molar-refractivity contribution in [3.05, 3.63) is 24.0 Å². The van der Waals surface area contributed by atoms with Gasteiger partial charge < -0.3 is 15.3 Å². The van der Waals surface area contributed by atoms with Gasteiger partial charge >= 0.3 is 0 Å². The first-order valence-corrected chi connectivity index (χ1v) is 6.42. The topological polar surface area (TPSA) is 65.5 Å². The number of rotatable bonds is 1. The molecule has 0 radical (unpaired) electrons. The lowest BCUT2D eigenvalue weighted by atomic mass is 9.94. The van der Waals surface area contributed by atoms with Crippen LogP contribution in [0.5, 0.6) is 5.75 Å². The minimum atomic E-state index is -0.163. The molecule has 3 rings (SSSR count). The zero-order chi connectivity index (χ0) is 12.5. The first kappa shape index (κ1) is 11.5. The van der Waals surface area contributed by atoms with E-state index in [0.717, 1.165) is 19.6 Å². The fourth-order valence-electron chi connectivity index (χ4n) is 2.92. The highest BCUT2D eigenvalue weighted by molar-refractivity contribution is 5.95. The fourth-order valence-corrected chi connectivity index (χ4v) is 2.92. The average Bonchev–Trinajstić information content (AvgIpc) is 2.82. The lowest BCUT2D eigenvalue weighted by molar-refractivity contribution is 0.0776. The molecular weight excluding hydrogens is 230 g/mol. The molecule has 0 spiro atoms. The van der Waals surface area contributed by atoms with Crippen LogP contribution in [0.1, 0.15) is 23.3 Å². The molecule has 0 aromatic carbocycles. The number of piperidine rings is 1. The molecule has 2 saturated heterocycles. The van der Waals surface area contributed by atoms with Gasteiger partial charge in [0.2, 0.25) is 0 Å². The van der Waals surface area contributed by atoms with Gasteiger partial charge in [0.25, 0.3) is 5.91 Å². The summed E-state index contributed by atoms with van der Waals surface area (Å²) in [5.74, 6) is 0.350. The highest BCUT2D eigenvalue weighted by Gasteiger charge is 2.37. The number of hydrogen-bond donors (Lipinski definition) is 2. The predicted octanol–water partition coefficient (Wildman–Crippen LogP) is 0.611. The van der Waals surface area contributed by atoms with E-state index in [0.29, 0.717) is 12.0 Å². The Labute approximate surface area is 106 Å². The number of aromatic nitrogens is 1. The summed E-state index contributed by atoms with van der Waals surface area (Å²) in [7, 11) is 0. The van der Waals surface area contributed by atoms with Crippen LogP contribution >= 0.6 is 0 Å². The molecule has 1 aromatic rings. The zero-order valence-electron chi connectivity index (χ0n) is 10.2. The van der Waals surface area contributed by atoms with Gasteiger partial charge in [0.1, 0.15) is 5.75 Å². The third-order valence-electron chi connectivity index (χ3n) is 3.88. The molecule has 2 atom stereocenters. The highest BCUT2D eigenvalue weighted by Crippen LogP contribution is 2.27. The quantitative estimate of drug-likeness (QED) is 0.763. The Hall–Kier alpha value is -1.62. The Morgan fingerprint density at radius 3 is 3.17 bits per heavy atom. The van der Waals surface area contributed by atoms with Gasteiger partial charge in [0.15, 0.2) is 5.69 Å². The van der Waals surface area contributed by atoms with E-state index in [9.17, 15) is 9.90 Å². The normalized spacial score (nSPS) is 27.0. The largest absolute Gasteiger partial charge is 0.505 e. The standard InChI is InChI=1S/C13H17N3O2/c17-11-4-2-6-15-12(11)13(18)16-7-9-3-1-5-14-10(9)8-16/h2,4,6,9-10,14,17H,1,3,5,7-8H2/t9-,10+/m0/s1. The number of amides is 1. The molecule has 2 N–H and O–H groups in total. The molecule has 5 nitrogen and oxygen atoms in total. The summed E-state index contributed by atoms with van der Waals surface area (Å²) < 4.78 is 0. The molecule has 0 saturated carbocycles. The van der Waals surface area contributed by atoms with Crippen LogP contribution in [0.4, 0.5) is 0 Å². The molecule has 96 valence electrons. The van der Waals surface area contributed by atoms with Crippen molar-refractivity contribution in [2.45, 2.75) is 18.9 Å². The SMILES string of the molecule is O=C(c1ncccc1O)N1C[C@@H]2CCCN[C@@H]2C1. The fraction of sp³-hybridized carbons (Fsp3) is 0.538. The predicted molar refractivity (Wildman–Crippen MR) is 66.3 cm³/mol. The van der Waals surface area contributed by atoms with E-state index in [-0.39, 0.29) is 17.4 Å². The molecule has 2 aliphatic rings. The third kappa shape index (κ3) is 1.95. The molecule has 0 bridgehead atoms. The Balaban J connectivity index is 1.76. The molecule has 1 aromatic heterocycles. The van der Waals surface area contributed by atoms with Gasteiger partial charge in [0, 0.05) is 25.3 Å². The van der Waals surface area contributed by atoms with Gasteiger partial charge in [-0.2, -0.15) is 0 Å². The second-order valence-electron chi connectivity index (χ2n) is 5.04. The highest BCUT2D eigenvalue weighted by atomic mass is 16.3. The maximum Gasteiger partial charge on any atom is 0.276 e. The van der Waals surface area contributed by atoms with Crippen LogP contribution in [0.25, 0.3) is 0 Å². The van der Waals surface area contributed by atoms with E-state index in [2.05, 4.69) is 10.3 Å². The summed E-state index contributed by atoms with van der Waals surface area (Å²) in [6, 6.07) is 3.53. The monoisotopic (exact) mass is 247 g/mol. The second kappa shape index (κ2) is 4.57. The number of nitrogens with zero attached hydrogens (tertiary/aromatic N) is 2. The van der Waals surface area contributed by atoms with Crippen molar-refractivity contribution in [2.75, 3.05) is 19.6 Å². The summed E-state index contributed by atoms with van der Waals surface area (Å²) in [4.78, 5) is 18.1. The number of likely N-dealkylation sites (tertiary alicyclic amines) is 1. The van der Waals surface area contributed by atoms with Gasteiger partial charge in [-0.15, -0.1) is 0 Å². The summed E-state index contributed by atoms with van der Waals surface area (Å²) >= 11 is 0. The van der Waals surface area contributed by atoms with E-state index < -0.39 is 0 Å². The Kier molecular flexibility index (Phi) is 2.91. The number of fused-ring (bicyclic) bond motifs is 1. The first-order valence-electron chi connectivity index (χ1n) is 6.42. The van der Waals surface area contributed by atoms with Gasteiger partial charge in [-0.05, 0) is 37.4 Å². The lowest BCUT2D eigenvalue weighted by Crippen LogP contribution is -2.41. The molecule has 3 heterocycles. The summed E-state index contributed by atoms with van der Waals surface area (Å²) in [6.45, 7) is 2.53. The van der Waals surface area contributed by atoms with Crippen LogP contribution in [-0.4, -0.2) is 46.6 Å². The number of hydrogen-bond acceptors (Lipinski definition) is 4. The molecule has 5 heteroatoms. The minimum Gasteiger partial charge on any atom is -0.505 e. The molecule has 0 aliphatic carbocycles. The van der Waals surface area contributed by atoms with Crippen LogP contribution < -0.4 is 5.32 Å². The van der Waals surface area contributed by atoms with E-state index >= 15 is 0 Å². The Bertz CT molecular complexity index is 449. The molecule has 18 heavy (non-hydrogen) atoms. The van der Waals surface area contributed by atoms with Gasteiger partial charge in [-0.1, -0.05) is 0 Å². The van der Waals surface area contributed by atoms with Crippen molar-refractivity contribution in [1.82, 2.24) is 15.2 Å². The number of carbonyl (C=O) groups excluding carboxylic acids is 1. The maximum absolute atomic E-state index is 12.3. The van der Waals surface area contributed by atoms with Crippen molar-refractivity contribution >= 4 is 5.91 Å². The van der Waals surface area contributed by atoms with E-state index in [1.165, 1.54) is 25.1 Å². The van der Waals surface area contributed by atoms with Crippen LogP contribution in [0.3, 0.4) is 0 Å². The van der Waals surface area contributed by atoms with Gasteiger partial charge in [-0.25, -0.2) is 4.98 Å². The van der Waals surface area contributed by atoms with E-state index in [1.54, 1.807) is 11.0 Å². The van der Waals surface area contributed by atoms with Crippen molar-refractivity contribution in [2.24, 2.45) is 5.92 Å². The Morgan fingerprint density at radius 1 is 1.50 bits per heavy atom. The lowest BCUT2D eigenvalue weighted by Gasteiger charge is -2.24. The number of pyridine rings is 1.